The molecule has 0 bridgehead atoms. The second kappa shape index (κ2) is 7.02. The Labute approximate surface area is 121 Å². The van der Waals surface area contributed by atoms with Gasteiger partial charge in [-0.15, -0.1) is 5.10 Å². The van der Waals surface area contributed by atoms with Crippen molar-refractivity contribution in [1.82, 2.24) is 25.6 Å². The van der Waals surface area contributed by atoms with Crippen LogP contribution in [0.2, 0.25) is 0 Å². The summed E-state index contributed by atoms with van der Waals surface area (Å²) in [4.78, 5) is 22.0. The molecule has 1 aromatic rings. The van der Waals surface area contributed by atoms with Crippen LogP contribution < -0.4 is 10.6 Å². The molecular weight excluding hydrogens is 302 g/mol. The molecule has 1 unspecified atom stereocenters. The highest BCUT2D eigenvalue weighted by molar-refractivity contribution is 7.90. The number of carbonyl (C=O) groups excluding carboxylic acids is 1. The Morgan fingerprint density at radius 3 is 2.71 bits per heavy atom. The van der Waals surface area contributed by atoms with Gasteiger partial charge in [0.2, 0.25) is 0 Å². The van der Waals surface area contributed by atoms with Crippen molar-refractivity contribution in [3.63, 3.8) is 0 Å². The second-order valence-corrected chi connectivity index (χ2v) is 6.81. The molecule has 1 aromatic heterocycles. The van der Waals surface area contributed by atoms with Gasteiger partial charge in [0.25, 0.3) is 0 Å². The van der Waals surface area contributed by atoms with Gasteiger partial charge in [0.05, 0.1) is 18.5 Å². The summed E-state index contributed by atoms with van der Waals surface area (Å²) in [6, 6.07) is -1.07. The maximum atomic E-state index is 11.5. The van der Waals surface area contributed by atoms with Crippen molar-refractivity contribution < 1.29 is 23.1 Å². The third-order valence-corrected chi connectivity index (χ3v) is 3.35. The molecule has 1 heterocycles. The topological polar surface area (TPSA) is 143 Å². The molecule has 11 heteroatoms. The molecule has 0 radical (unpaired) electrons. The van der Waals surface area contributed by atoms with Crippen molar-refractivity contribution in [1.29, 1.82) is 0 Å². The van der Waals surface area contributed by atoms with Crippen LogP contribution in [0, 0.1) is 0 Å². The Hall–Kier alpha value is -2.17. The molecule has 0 aromatic carbocycles. The van der Waals surface area contributed by atoms with Gasteiger partial charge in [-0.1, -0.05) is 5.21 Å². The fourth-order valence-corrected chi connectivity index (χ4v) is 2.57. The first kappa shape index (κ1) is 16.9. The van der Waals surface area contributed by atoms with Gasteiger partial charge in [0.1, 0.15) is 22.1 Å². The zero-order valence-corrected chi connectivity index (χ0v) is 12.4. The van der Waals surface area contributed by atoms with E-state index in [1.54, 1.807) is 6.92 Å². The molecule has 10 nitrogen and oxygen atoms in total. The summed E-state index contributed by atoms with van der Waals surface area (Å²) in [5.41, 5.74) is 0.391. The molecule has 0 aliphatic rings. The van der Waals surface area contributed by atoms with Crippen LogP contribution in [-0.2, 0) is 27.7 Å². The molecule has 0 saturated carbocycles. The van der Waals surface area contributed by atoms with E-state index in [2.05, 4.69) is 20.9 Å². The molecule has 0 saturated heterocycles. The Balaban J connectivity index is 2.39. The van der Waals surface area contributed by atoms with Crippen molar-refractivity contribution >= 4 is 21.8 Å². The molecule has 2 amide bonds. The van der Waals surface area contributed by atoms with E-state index < -0.39 is 27.9 Å². The first-order chi connectivity index (χ1) is 9.65. The SMILES string of the molecule is CC(CS(C)(=O)=O)NC(=O)NCc1cn(CC(=O)O)nn1. The van der Waals surface area contributed by atoms with E-state index in [0.717, 1.165) is 10.9 Å². The standard InChI is InChI=1S/C10H17N5O5S/c1-7(6-21(2,19)20)12-10(18)11-3-8-4-15(14-13-8)5-9(16)17/h4,7H,3,5-6H2,1-2H3,(H,16,17)(H2,11,12,18). The number of carboxylic acids is 1. The molecule has 1 rings (SSSR count). The first-order valence-electron chi connectivity index (χ1n) is 5.98. The van der Waals surface area contributed by atoms with Crippen LogP contribution in [0.15, 0.2) is 6.20 Å². The van der Waals surface area contributed by atoms with E-state index in [0.29, 0.717) is 5.69 Å². The van der Waals surface area contributed by atoms with E-state index >= 15 is 0 Å². The summed E-state index contributed by atoms with van der Waals surface area (Å²) in [5, 5.41) is 20.8. The minimum atomic E-state index is -3.17. The van der Waals surface area contributed by atoms with Crippen LogP contribution in [0.4, 0.5) is 4.79 Å². The lowest BCUT2D eigenvalue weighted by atomic mass is 10.4. The van der Waals surface area contributed by atoms with E-state index in [9.17, 15) is 18.0 Å². The average molecular weight is 319 g/mol. The van der Waals surface area contributed by atoms with Crippen LogP contribution in [0.1, 0.15) is 12.6 Å². The summed E-state index contributed by atoms with van der Waals surface area (Å²) in [5.74, 6) is -1.21. The summed E-state index contributed by atoms with van der Waals surface area (Å²) in [6.07, 6.45) is 2.48. The van der Waals surface area contributed by atoms with Crippen molar-refractivity contribution in [3.8, 4) is 0 Å². The van der Waals surface area contributed by atoms with Gasteiger partial charge in [-0.3, -0.25) is 4.79 Å². The third-order valence-electron chi connectivity index (χ3n) is 2.24. The summed E-state index contributed by atoms with van der Waals surface area (Å²) >= 11 is 0. The Bertz CT molecular complexity index is 611. The number of amides is 2. The second-order valence-electron chi connectivity index (χ2n) is 4.62. The van der Waals surface area contributed by atoms with Gasteiger partial charge >= 0.3 is 12.0 Å². The Kier molecular flexibility index (Phi) is 5.64. The highest BCUT2D eigenvalue weighted by Gasteiger charge is 2.13. The maximum absolute atomic E-state index is 11.5. The largest absolute Gasteiger partial charge is 0.480 e. The number of rotatable bonds is 7. The van der Waals surface area contributed by atoms with Crippen molar-refractivity contribution in [3.05, 3.63) is 11.9 Å². The molecular formula is C10H17N5O5S. The quantitative estimate of drug-likeness (QED) is 0.560. The predicted molar refractivity (Wildman–Crippen MR) is 72.2 cm³/mol. The third kappa shape index (κ3) is 7.25. The van der Waals surface area contributed by atoms with Gasteiger partial charge in [-0.05, 0) is 6.92 Å². The average Bonchev–Trinajstić information content (AvgIpc) is 2.70. The van der Waals surface area contributed by atoms with Gasteiger partial charge in [0, 0.05) is 12.3 Å². The minimum absolute atomic E-state index is 0.0526. The molecule has 21 heavy (non-hydrogen) atoms. The number of carboxylic acid groups (broad SMARTS) is 1. The lowest BCUT2D eigenvalue weighted by Gasteiger charge is -2.12. The molecule has 0 aliphatic carbocycles. The summed E-state index contributed by atoms with van der Waals surface area (Å²) in [7, 11) is -3.17. The van der Waals surface area contributed by atoms with Crippen LogP contribution >= 0.6 is 0 Å². The highest BCUT2D eigenvalue weighted by Crippen LogP contribution is 1.94. The number of aromatic nitrogens is 3. The number of aliphatic carboxylic acids is 1. The van der Waals surface area contributed by atoms with Crippen LogP contribution in [0.5, 0.6) is 0 Å². The Morgan fingerprint density at radius 2 is 2.14 bits per heavy atom. The van der Waals surface area contributed by atoms with Crippen LogP contribution in [-0.4, -0.2) is 58.6 Å². The molecule has 118 valence electrons. The highest BCUT2D eigenvalue weighted by atomic mass is 32.2. The fraction of sp³-hybridized carbons (Fsp3) is 0.600. The van der Waals surface area contributed by atoms with E-state index in [-0.39, 0.29) is 18.8 Å². The number of nitrogens with one attached hydrogen (secondary N) is 2. The van der Waals surface area contributed by atoms with Crippen molar-refractivity contribution in [2.75, 3.05) is 12.0 Å². The monoisotopic (exact) mass is 319 g/mol. The molecule has 3 N–H and O–H groups in total. The predicted octanol–water partition coefficient (Wildman–Crippen LogP) is -1.40. The first-order valence-corrected chi connectivity index (χ1v) is 8.04. The van der Waals surface area contributed by atoms with Gasteiger partial charge in [-0.25, -0.2) is 17.9 Å². The maximum Gasteiger partial charge on any atom is 0.325 e. The van der Waals surface area contributed by atoms with E-state index in [1.807, 2.05) is 0 Å². The molecule has 0 spiro atoms. The number of nitrogens with zero attached hydrogens (tertiary/aromatic N) is 3. The number of urea groups is 1. The fourth-order valence-electron chi connectivity index (χ4n) is 1.58. The number of carbonyl (C=O) groups is 2. The van der Waals surface area contributed by atoms with Crippen molar-refractivity contribution in [2.24, 2.45) is 0 Å². The number of hydrogen-bond donors (Lipinski definition) is 3. The zero-order chi connectivity index (χ0) is 16.0. The van der Waals surface area contributed by atoms with Gasteiger partial charge in [-0.2, -0.15) is 0 Å². The van der Waals surface area contributed by atoms with Crippen molar-refractivity contribution in [2.45, 2.75) is 26.1 Å². The number of hydrogen-bond acceptors (Lipinski definition) is 6. The van der Waals surface area contributed by atoms with E-state index in [4.69, 9.17) is 5.11 Å². The van der Waals surface area contributed by atoms with Gasteiger partial charge < -0.3 is 15.7 Å². The van der Waals surface area contributed by atoms with Crippen LogP contribution in [0.25, 0.3) is 0 Å². The van der Waals surface area contributed by atoms with E-state index in [1.165, 1.54) is 6.20 Å². The molecule has 0 aliphatic heterocycles. The lowest BCUT2D eigenvalue weighted by molar-refractivity contribution is -0.137. The van der Waals surface area contributed by atoms with Crippen LogP contribution in [0.3, 0.4) is 0 Å². The zero-order valence-electron chi connectivity index (χ0n) is 11.6. The Morgan fingerprint density at radius 1 is 1.48 bits per heavy atom. The number of sulfone groups is 1. The lowest BCUT2D eigenvalue weighted by Crippen LogP contribution is -2.43. The normalized spacial score (nSPS) is 12.7. The summed E-state index contributed by atoms with van der Waals surface area (Å²) in [6.45, 7) is 1.31. The molecule has 1 atom stereocenters. The smallest absolute Gasteiger partial charge is 0.325 e. The minimum Gasteiger partial charge on any atom is -0.480 e. The summed E-state index contributed by atoms with van der Waals surface area (Å²) < 4.78 is 23.2. The van der Waals surface area contributed by atoms with Gasteiger partial charge in [0.15, 0.2) is 0 Å². The molecule has 0 fully saturated rings.